The van der Waals surface area contributed by atoms with E-state index in [-0.39, 0.29) is 17.7 Å². The summed E-state index contributed by atoms with van der Waals surface area (Å²) in [5.74, 6) is 0.729. The number of carbonyl (C=O) groups is 2. The second-order valence-corrected chi connectivity index (χ2v) is 8.66. The van der Waals surface area contributed by atoms with Crippen LogP contribution in [0.4, 0.5) is 4.79 Å². The Balaban J connectivity index is 1.87. The number of methoxy groups -OCH3 is 1. The van der Waals surface area contributed by atoms with Gasteiger partial charge in [0.25, 0.3) is 11.1 Å². The number of hydrogen-bond donors (Lipinski definition) is 0. The molecule has 29 heavy (non-hydrogen) atoms. The van der Waals surface area contributed by atoms with Crippen molar-refractivity contribution in [3.05, 3.63) is 60.9 Å². The number of nitrogens with zero attached hydrogens (tertiary/aromatic N) is 1. The second-order valence-electron chi connectivity index (χ2n) is 5.97. The summed E-state index contributed by atoms with van der Waals surface area (Å²) in [7, 11) is 1.54. The summed E-state index contributed by atoms with van der Waals surface area (Å²) in [4.78, 5) is 26.7. The molecule has 0 atom stereocenters. The lowest BCUT2D eigenvalue weighted by atomic mass is 10.1. The summed E-state index contributed by atoms with van der Waals surface area (Å²) in [6.07, 6.45) is 1.65. The van der Waals surface area contributed by atoms with E-state index in [1.807, 2.05) is 6.92 Å². The highest BCUT2D eigenvalue weighted by Crippen LogP contribution is 2.39. The summed E-state index contributed by atoms with van der Waals surface area (Å²) in [5.41, 5.74) is 1.34. The van der Waals surface area contributed by atoms with E-state index in [9.17, 15) is 9.59 Å². The third-order valence-corrected chi connectivity index (χ3v) is 6.14. The predicted molar refractivity (Wildman–Crippen MR) is 120 cm³/mol. The topological polar surface area (TPSA) is 55.8 Å². The summed E-state index contributed by atoms with van der Waals surface area (Å²) < 4.78 is 11.6. The molecule has 3 rings (SSSR count). The van der Waals surface area contributed by atoms with Gasteiger partial charge in [0.2, 0.25) is 0 Å². The molecular formula is C20H16BrCl2NO4S. The molecule has 0 N–H and O–H groups in total. The van der Waals surface area contributed by atoms with Crippen LogP contribution < -0.4 is 9.47 Å². The van der Waals surface area contributed by atoms with Crippen molar-refractivity contribution >= 4 is 68.1 Å². The Hall–Kier alpha value is -1.67. The predicted octanol–water partition coefficient (Wildman–Crippen LogP) is 6.40. The van der Waals surface area contributed by atoms with E-state index in [0.29, 0.717) is 48.7 Å². The molecule has 0 radical (unpaired) electrons. The molecule has 1 fully saturated rings. The Kier molecular flexibility index (Phi) is 7.16. The normalized spacial score (nSPS) is 15.3. The number of carbonyl (C=O) groups excluding carboxylic acids is 2. The highest BCUT2D eigenvalue weighted by atomic mass is 79.9. The highest BCUT2D eigenvalue weighted by molar-refractivity contribution is 9.10. The fraction of sp³-hybridized carbons (Fsp3) is 0.200. The van der Waals surface area contributed by atoms with Crippen LogP contribution in [0.25, 0.3) is 6.08 Å². The van der Waals surface area contributed by atoms with Crippen molar-refractivity contribution in [1.82, 2.24) is 4.90 Å². The van der Waals surface area contributed by atoms with E-state index >= 15 is 0 Å². The average Bonchev–Trinajstić information content (AvgIpc) is 2.93. The first-order valence-corrected chi connectivity index (χ1v) is 10.9. The minimum Gasteiger partial charge on any atom is -0.493 e. The van der Waals surface area contributed by atoms with Crippen LogP contribution in [0.3, 0.4) is 0 Å². The molecule has 0 saturated carbocycles. The van der Waals surface area contributed by atoms with Crippen molar-refractivity contribution in [2.24, 2.45) is 0 Å². The number of imide groups is 1. The quantitative estimate of drug-likeness (QED) is 0.416. The molecule has 0 unspecified atom stereocenters. The Morgan fingerprint density at radius 1 is 1.21 bits per heavy atom. The molecule has 1 aliphatic heterocycles. The van der Waals surface area contributed by atoms with Crippen LogP contribution in [0.2, 0.25) is 10.0 Å². The maximum Gasteiger partial charge on any atom is 0.293 e. The molecule has 1 heterocycles. The van der Waals surface area contributed by atoms with Gasteiger partial charge < -0.3 is 9.47 Å². The molecule has 0 aliphatic carbocycles. The molecule has 0 aromatic heterocycles. The zero-order valence-electron chi connectivity index (χ0n) is 15.5. The molecule has 2 aromatic carbocycles. The first-order chi connectivity index (χ1) is 13.8. The minimum absolute atomic E-state index is 0.0777. The Labute approximate surface area is 191 Å². The number of thioether (sulfide) groups is 1. The van der Waals surface area contributed by atoms with Crippen molar-refractivity contribution in [2.45, 2.75) is 13.5 Å². The number of ether oxygens (including phenoxy) is 2. The molecule has 152 valence electrons. The van der Waals surface area contributed by atoms with Crippen molar-refractivity contribution in [1.29, 1.82) is 0 Å². The molecule has 5 nitrogen and oxygen atoms in total. The van der Waals surface area contributed by atoms with E-state index in [1.54, 1.807) is 36.4 Å². The van der Waals surface area contributed by atoms with Crippen LogP contribution in [-0.2, 0) is 11.3 Å². The zero-order valence-corrected chi connectivity index (χ0v) is 19.4. The van der Waals surface area contributed by atoms with Gasteiger partial charge in [-0.3, -0.25) is 14.5 Å². The van der Waals surface area contributed by atoms with Crippen LogP contribution in [0.15, 0.2) is 39.7 Å². The highest BCUT2D eigenvalue weighted by Gasteiger charge is 2.35. The number of hydrogen-bond acceptors (Lipinski definition) is 5. The monoisotopic (exact) mass is 515 g/mol. The SMILES string of the molecule is CCOc1c(Br)cc(/C=C2\SC(=O)N(Cc3ccc(Cl)cc3Cl)C2=O)cc1OC. The lowest BCUT2D eigenvalue weighted by Crippen LogP contribution is -2.27. The molecule has 2 aromatic rings. The van der Waals surface area contributed by atoms with Gasteiger partial charge in [0, 0.05) is 10.0 Å². The molecule has 0 bridgehead atoms. The van der Waals surface area contributed by atoms with Gasteiger partial charge in [-0.1, -0.05) is 29.3 Å². The van der Waals surface area contributed by atoms with Gasteiger partial charge in [0.1, 0.15) is 0 Å². The smallest absolute Gasteiger partial charge is 0.293 e. The molecular weight excluding hydrogens is 501 g/mol. The van der Waals surface area contributed by atoms with E-state index in [0.717, 1.165) is 16.7 Å². The maximum atomic E-state index is 12.8. The van der Waals surface area contributed by atoms with Gasteiger partial charge in [-0.15, -0.1) is 0 Å². The van der Waals surface area contributed by atoms with Gasteiger partial charge in [0.15, 0.2) is 11.5 Å². The number of benzene rings is 2. The zero-order chi connectivity index (χ0) is 21.1. The van der Waals surface area contributed by atoms with Crippen LogP contribution in [0, 0.1) is 0 Å². The molecule has 2 amide bonds. The summed E-state index contributed by atoms with van der Waals surface area (Å²) in [5, 5.41) is 0.535. The number of halogens is 3. The van der Waals surface area contributed by atoms with Crippen LogP contribution >= 0.6 is 50.9 Å². The lowest BCUT2D eigenvalue weighted by Gasteiger charge is -2.14. The molecule has 0 spiro atoms. The van der Waals surface area contributed by atoms with E-state index in [4.69, 9.17) is 32.7 Å². The van der Waals surface area contributed by atoms with Crippen molar-refractivity contribution < 1.29 is 19.1 Å². The standard InChI is InChI=1S/C20H16BrCl2NO4S/c1-3-28-18-14(21)6-11(7-16(18)27-2)8-17-19(25)24(20(26)29-17)10-12-4-5-13(22)9-15(12)23/h4-9H,3,10H2,1-2H3/b17-8-. The van der Waals surface area contributed by atoms with Crippen LogP contribution in [0.5, 0.6) is 11.5 Å². The molecule has 9 heteroatoms. The fourth-order valence-electron chi connectivity index (χ4n) is 2.72. The summed E-state index contributed by atoms with van der Waals surface area (Å²) in [6, 6.07) is 8.50. The van der Waals surface area contributed by atoms with Gasteiger partial charge >= 0.3 is 0 Å². The fourth-order valence-corrected chi connectivity index (χ4v) is 4.60. The van der Waals surface area contributed by atoms with Crippen LogP contribution in [0.1, 0.15) is 18.1 Å². The van der Waals surface area contributed by atoms with Gasteiger partial charge in [-0.25, -0.2) is 0 Å². The van der Waals surface area contributed by atoms with Gasteiger partial charge in [-0.2, -0.15) is 0 Å². The van der Waals surface area contributed by atoms with E-state index in [1.165, 1.54) is 7.11 Å². The average molecular weight is 517 g/mol. The minimum atomic E-state index is -0.380. The number of rotatable bonds is 6. The second kappa shape index (κ2) is 9.43. The summed E-state index contributed by atoms with van der Waals surface area (Å²) >= 11 is 16.4. The van der Waals surface area contributed by atoms with E-state index in [2.05, 4.69) is 15.9 Å². The summed E-state index contributed by atoms with van der Waals surface area (Å²) in [6.45, 7) is 2.44. The Morgan fingerprint density at radius 2 is 1.97 bits per heavy atom. The third kappa shape index (κ3) is 4.91. The largest absolute Gasteiger partial charge is 0.493 e. The maximum absolute atomic E-state index is 12.8. The van der Waals surface area contributed by atoms with Crippen molar-refractivity contribution in [2.75, 3.05) is 13.7 Å². The Bertz CT molecular complexity index is 1010. The third-order valence-electron chi connectivity index (χ3n) is 4.06. The first-order valence-electron chi connectivity index (χ1n) is 8.53. The lowest BCUT2D eigenvalue weighted by molar-refractivity contribution is -0.123. The van der Waals surface area contributed by atoms with Gasteiger partial charge in [0.05, 0.1) is 29.6 Å². The Morgan fingerprint density at radius 3 is 2.62 bits per heavy atom. The van der Waals surface area contributed by atoms with Gasteiger partial charge in [-0.05, 0) is 76.1 Å². The molecule has 1 aliphatic rings. The van der Waals surface area contributed by atoms with Crippen LogP contribution in [-0.4, -0.2) is 29.8 Å². The van der Waals surface area contributed by atoms with Crippen molar-refractivity contribution in [3.63, 3.8) is 0 Å². The van der Waals surface area contributed by atoms with E-state index < -0.39 is 0 Å². The molecule has 1 saturated heterocycles. The van der Waals surface area contributed by atoms with Crippen molar-refractivity contribution in [3.8, 4) is 11.5 Å². The number of amides is 2. The first kappa shape index (κ1) is 22.0.